The zero-order valence-corrected chi connectivity index (χ0v) is 21.4. The molecule has 0 nitrogen and oxygen atoms in total. The number of hydrogen-bond donors (Lipinski definition) is 0. The average Bonchev–Trinajstić information content (AvgIpc) is 3.24. The number of fused-ring (bicyclic) bond motifs is 2. The van der Waals surface area contributed by atoms with Gasteiger partial charge in [0.25, 0.3) is 0 Å². The van der Waals surface area contributed by atoms with E-state index in [2.05, 4.69) is 80.6 Å². The van der Waals surface area contributed by atoms with Crippen molar-refractivity contribution in [2.75, 3.05) is 12.3 Å². The zero-order valence-electron chi connectivity index (χ0n) is 16.5. The van der Waals surface area contributed by atoms with Crippen LogP contribution >= 0.6 is 7.92 Å². The number of halogens is 2. The predicted molar refractivity (Wildman–Crippen MR) is 113 cm³/mol. The second-order valence-electron chi connectivity index (χ2n) is 7.25. The monoisotopic (exact) mass is 506 g/mol. The van der Waals surface area contributed by atoms with E-state index in [1.807, 2.05) is 5.31 Å². The first-order valence-corrected chi connectivity index (χ1v) is 14.5. The van der Waals surface area contributed by atoms with E-state index in [9.17, 15) is 0 Å². The molecule has 0 saturated carbocycles. The molecule has 0 heterocycles. The van der Waals surface area contributed by atoms with Crippen LogP contribution in [-0.2, 0) is 23.2 Å². The Hall–Kier alpha value is -0.187. The molecule has 0 bridgehead atoms. The fourth-order valence-electron chi connectivity index (χ4n) is 4.24. The van der Waals surface area contributed by atoms with Crippen LogP contribution in [0.1, 0.15) is 56.2 Å². The summed E-state index contributed by atoms with van der Waals surface area (Å²) in [6, 6.07) is 18.3. The van der Waals surface area contributed by atoms with Gasteiger partial charge in [-0.1, -0.05) is 0 Å². The molecule has 0 amide bonds. The summed E-state index contributed by atoms with van der Waals surface area (Å²) in [5.41, 5.74) is 6.22. The Bertz CT molecular complexity index is 840. The molecule has 2 unspecified atom stereocenters. The molecule has 146 valence electrons. The van der Waals surface area contributed by atoms with E-state index in [4.69, 9.17) is 0 Å². The average molecular weight is 509 g/mol. The van der Waals surface area contributed by atoms with Gasteiger partial charge in [-0.3, -0.25) is 0 Å². The molecule has 0 radical (unpaired) electrons. The summed E-state index contributed by atoms with van der Waals surface area (Å²) in [6.07, 6.45) is 12.9. The van der Waals surface area contributed by atoms with Gasteiger partial charge in [0.05, 0.1) is 0 Å². The van der Waals surface area contributed by atoms with Gasteiger partial charge in [0.2, 0.25) is 0 Å². The molecule has 0 spiro atoms. The maximum absolute atomic E-state index is 2.60. The zero-order chi connectivity index (χ0) is 17.9. The van der Waals surface area contributed by atoms with Crippen molar-refractivity contribution in [2.24, 2.45) is 0 Å². The van der Waals surface area contributed by atoms with Gasteiger partial charge in [0.1, 0.15) is 0 Å². The van der Waals surface area contributed by atoms with E-state index in [-0.39, 0.29) is 32.7 Å². The Morgan fingerprint density at radius 1 is 0.821 bits per heavy atom. The number of allylic oxidation sites excluding steroid dienone is 2. The number of rotatable bonds is 7. The second-order valence-corrected chi connectivity index (χ2v) is 13.5. The molecule has 0 aromatic heterocycles. The normalized spacial score (nSPS) is 18.6. The van der Waals surface area contributed by atoms with Crippen LogP contribution in [0, 0.1) is 0 Å². The van der Waals surface area contributed by atoms with Crippen molar-refractivity contribution in [3.05, 3.63) is 82.2 Å². The summed E-state index contributed by atoms with van der Waals surface area (Å²) in [6.45, 7) is 4.72. The molecule has 28 heavy (non-hydrogen) atoms. The second kappa shape index (κ2) is 11.3. The molecule has 0 saturated heterocycles. The van der Waals surface area contributed by atoms with Crippen LogP contribution in [0.3, 0.4) is 0 Å². The van der Waals surface area contributed by atoms with Crippen molar-refractivity contribution in [1.29, 1.82) is 0 Å². The summed E-state index contributed by atoms with van der Waals surface area (Å²) in [4.78, 5) is 0. The maximum Gasteiger partial charge on any atom is -1.00 e. The van der Waals surface area contributed by atoms with E-state index < -0.39 is 23.2 Å². The van der Waals surface area contributed by atoms with Crippen molar-refractivity contribution in [2.45, 2.75) is 33.9 Å². The largest absolute Gasteiger partial charge is 1.00 e. The molecule has 0 aliphatic heterocycles. The summed E-state index contributed by atoms with van der Waals surface area (Å²) < 4.78 is 1.51. The first-order chi connectivity index (χ1) is 12.8. The van der Waals surface area contributed by atoms with E-state index in [0.717, 1.165) is 7.25 Å². The molecular formula is C24H27Cl2PZr. The minimum absolute atomic E-state index is 0. The molecule has 2 aliphatic carbocycles. The molecular weight excluding hydrogens is 481 g/mol. The first-order valence-electron chi connectivity index (χ1n) is 9.90. The minimum Gasteiger partial charge on any atom is -1.00 e. The topological polar surface area (TPSA) is 0 Å². The Kier molecular flexibility index (Phi) is 9.70. The third kappa shape index (κ3) is 4.92. The molecule has 2 aromatic rings. The van der Waals surface area contributed by atoms with Crippen LogP contribution in [0.25, 0.3) is 12.2 Å². The summed E-state index contributed by atoms with van der Waals surface area (Å²) in [5.74, 6) is 0. The van der Waals surface area contributed by atoms with Gasteiger partial charge >= 0.3 is 172 Å². The quantitative estimate of drug-likeness (QED) is 0.494. The maximum atomic E-state index is 2.60. The van der Waals surface area contributed by atoms with Crippen molar-refractivity contribution >= 4 is 20.1 Å². The Morgan fingerprint density at radius 3 is 2.11 bits per heavy atom. The molecule has 2 aliphatic rings. The number of benzene rings is 2. The molecule has 2 atom stereocenters. The smallest absolute Gasteiger partial charge is 1.00 e. The third-order valence-corrected chi connectivity index (χ3v) is 13.6. The van der Waals surface area contributed by atoms with E-state index in [1.165, 1.54) is 36.3 Å². The van der Waals surface area contributed by atoms with Crippen LogP contribution in [0.5, 0.6) is 0 Å². The minimum atomic E-state index is -0.661. The van der Waals surface area contributed by atoms with Crippen LogP contribution in [0.4, 0.5) is 0 Å². The Balaban J connectivity index is 0.00000140. The van der Waals surface area contributed by atoms with Crippen molar-refractivity contribution < 1.29 is 48.0 Å². The van der Waals surface area contributed by atoms with Gasteiger partial charge in [-0.2, -0.15) is 0 Å². The summed E-state index contributed by atoms with van der Waals surface area (Å²) >= 11 is -0.661. The van der Waals surface area contributed by atoms with Gasteiger partial charge in [-0.05, 0) is 0 Å². The first kappa shape index (κ1) is 24.1. The van der Waals surface area contributed by atoms with Gasteiger partial charge in [-0.25, -0.2) is 0 Å². The summed E-state index contributed by atoms with van der Waals surface area (Å²) in [7, 11) is 0.0444. The van der Waals surface area contributed by atoms with Crippen LogP contribution in [0.2, 0.25) is 0 Å². The third-order valence-electron chi connectivity index (χ3n) is 5.40. The van der Waals surface area contributed by atoms with Gasteiger partial charge < -0.3 is 24.8 Å². The predicted octanol–water partition coefficient (Wildman–Crippen LogP) is 1.24. The van der Waals surface area contributed by atoms with Crippen LogP contribution < -0.4 is 24.8 Å². The molecule has 4 heteroatoms. The molecule has 0 fully saturated rings. The molecule has 0 N–H and O–H groups in total. The van der Waals surface area contributed by atoms with Gasteiger partial charge in [0, 0.05) is 0 Å². The van der Waals surface area contributed by atoms with Crippen LogP contribution in [0.15, 0.2) is 59.9 Å². The van der Waals surface area contributed by atoms with Gasteiger partial charge in [0.15, 0.2) is 0 Å². The fourth-order valence-corrected chi connectivity index (χ4v) is 12.9. The Morgan fingerprint density at radius 2 is 1.43 bits per heavy atom. The summed E-state index contributed by atoms with van der Waals surface area (Å²) in [5, 5.41) is 1.84. The van der Waals surface area contributed by atoms with E-state index in [0.29, 0.717) is 0 Å². The molecule has 4 rings (SSSR count). The van der Waals surface area contributed by atoms with E-state index in [1.54, 1.807) is 11.1 Å². The van der Waals surface area contributed by atoms with Gasteiger partial charge in [-0.15, -0.1) is 0 Å². The van der Waals surface area contributed by atoms with Crippen LogP contribution in [-0.4, -0.2) is 12.3 Å². The fraction of sp³-hybridized carbons (Fsp3) is 0.333. The SMILES string of the molecule is CCCP(CCC)C1=Cc2ccccc2[CH]1[Zr+2][CH]1C=Cc2ccccc21.[Cl-].[Cl-]. The standard InChI is InChI=1S/C15H20P.C9H7.2ClH.Zr/c1-3-9-16(10-4-2)15-11-13-7-5-6-8-14(13)12-15;1-2-5-9-7-3-6-8(9)4-1;;;/h5-8,11-12H,3-4,9-10H2,1-2H3;1-7H;2*1H;/q;;;;+2/p-2. The molecule has 2 aromatic carbocycles. The number of hydrogen-bond acceptors (Lipinski definition) is 0. The van der Waals surface area contributed by atoms with Crippen molar-refractivity contribution in [1.82, 2.24) is 0 Å². The van der Waals surface area contributed by atoms with Crippen molar-refractivity contribution in [3.63, 3.8) is 0 Å². The van der Waals surface area contributed by atoms with E-state index >= 15 is 0 Å². The van der Waals surface area contributed by atoms with Crippen molar-refractivity contribution in [3.8, 4) is 0 Å². The Labute approximate surface area is 195 Å².